The highest BCUT2D eigenvalue weighted by molar-refractivity contribution is 5.81. The minimum Gasteiger partial charge on any atom is -0.342 e. The molecule has 0 unspecified atom stereocenters. The van der Waals surface area contributed by atoms with Crippen molar-refractivity contribution in [3.8, 4) is 0 Å². The van der Waals surface area contributed by atoms with Gasteiger partial charge in [0, 0.05) is 18.5 Å². The fourth-order valence-electron chi connectivity index (χ4n) is 1.29. The lowest BCUT2D eigenvalue weighted by Crippen LogP contribution is -2.47. The number of nitrogens with zero attached hydrogens (tertiary/aromatic N) is 1. The first-order valence-corrected chi connectivity index (χ1v) is 5.25. The van der Waals surface area contributed by atoms with Crippen LogP contribution in [-0.4, -0.2) is 23.9 Å². The van der Waals surface area contributed by atoms with Gasteiger partial charge >= 0.3 is 0 Å². The van der Waals surface area contributed by atoms with Crippen LogP contribution in [0.2, 0.25) is 0 Å². The van der Waals surface area contributed by atoms with E-state index in [1.54, 1.807) is 0 Å². The first-order valence-electron chi connectivity index (χ1n) is 5.25. The summed E-state index contributed by atoms with van der Waals surface area (Å²) >= 11 is 0. The van der Waals surface area contributed by atoms with Gasteiger partial charge in [0.1, 0.15) is 0 Å². The van der Waals surface area contributed by atoms with Crippen molar-refractivity contribution in [2.45, 2.75) is 54.5 Å². The summed E-state index contributed by atoms with van der Waals surface area (Å²) in [5.74, 6) is 0.208. The molecule has 0 aliphatic carbocycles. The van der Waals surface area contributed by atoms with Crippen molar-refractivity contribution >= 4 is 5.91 Å². The predicted octanol–water partition coefficient (Wildman–Crippen LogP) is 2.93. The Balaban J connectivity index is 4.65. The fraction of sp³-hybridized carbons (Fsp3) is 0.917. The molecule has 14 heavy (non-hydrogen) atoms. The number of hydrogen-bond donors (Lipinski definition) is 0. The average Bonchev–Trinajstić information content (AvgIpc) is 1.97. The topological polar surface area (TPSA) is 20.3 Å². The molecule has 1 atom stereocenters. The van der Waals surface area contributed by atoms with E-state index in [1.807, 2.05) is 32.7 Å². The second-order valence-corrected chi connectivity index (χ2v) is 6.21. The molecular formula is C12H25NO. The third kappa shape index (κ3) is 3.32. The number of carbonyl (C=O) groups is 1. The van der Waals surface area contributed by atoms with Crippen LogP contribution in [0.25, 0.3) is 0 Å². The number of carbonyl (C=O) groups excluding carboxylic acids is 1. The van der Waals surface area contributed by atoms with E-state index in [0.717, 1.165) is 0 Å². The molecule has 0 aliphatic rings. The predicted molar refractivity (Wildman–Crippen MR) is 61.1 cm³/mol. The Morgan fingerprint density at radius 2 is 1.43 bits per heavy atom. The molecule has 0 rings (SSSR count). The third-order valence-electron chi connectivity index (χ3n) is 2.80. The van der Waals surface area contributed by atoms with E-state index in [9.17, 15) is 4.79 Å². The lowest BCUT2D eigenvalue weighted by molar-refractivity contribution is -0.142. The molecule has 0 N–H and O–H groups in total. The Morgan fingerprint density at radius 3 is 1.64 bits per heavy atom. The molecular weight excluding hydrogens is 174 g/mol. The zero-order valence-corrected chi connectivity index (χ0v) is 10.9. The quantitative estimate of drug-likeness (QED) is 0.636. The van der Waals surface area contributed by atoms with Crippen LogP contribution in [0.1, 0.15) is 48.5 Å². The minimum absolute atomic E-state index is 0.135. The molecule has 0 bridgehead atoms. The molecule has 0 aromatic heterocycles. The van der Waals surface area contributed by atoms with Gasteiger partial charge in [0.25, 0.3) is 0 Å². The summed E-state index contributed by atoms with van der Waals surface area (Å²) in [6.07, 6.45) is 0. The number of rotatable bonds is 1. The van der Waals surface area contributed by atoms with Gasteiger partial charge < -0.3 is 4.90 Å². The van der Waals surface area contributed by atoms with Crippen LogP contribution in [0.15, 0.2) is 0 Å². The molecule has 0 spiro atoms. The second-order valence-electron chi connectivity index (χ2n) is 6.21. The van der Waals surface area contributed by atoms with Gasteiger partial charge in [0.05, 0.1) is 0 Å². The van der Waals surface area contributed by atoms with Crippen LogP contribution in [0, 0.1) is 10.8 Å². The average molecular weight is 199 g/mol. The highest BCUT2D eigenvalue weighted by Crippen LogP contribution is 2.26. The summed E-state index contributed by atoms with van der Waals surface area (Å²) < 4.78 is 0. The van der Waals surface area contributed by atoms with Crippen LogP contribution >= 0.6 is 0 Å². The zero-order valence-electron chi connectivity index (χ0n) is 10.9. The lowest BCUT2D eigenvalue weighted by Gasteiger charge is -2.38. The van der Waals surface area contributed by atoms with E-state index < -0.39 is 0 Å². The van der Waals surface area contributed by atoms with Gasteiger partial charge in [-0.2, -0.15) is 0 Å². The standard InChI is InChI=1S/C12H25NO/c1-9(11(2,3)4)13(8)10(14)12(5,6)7/h9H,1-8H3/t9-/m1/s1. The molecule has 0 radical (unpaired) electrons. The van der Waals surface area contributed by atoms with E-state index in [4.69, 9.17) is 0 Å². The Hall–Kier alpha value is -0.530. The highest BCUT2D eigenvalue weighted by atomic mass is 16.2. The summed E-state index contributed by atoms with van der Waals surface area (Å²) in [6, 6.07) is 0.259. The van der Waals surface area contributed by atoms with Crippen molar-refractivity contribution in [1.29, 1.82) is 0 Å². The van der Waals surface area contributed by atoms with Gasteiger partial charge in [-0.1, -0.05) is 41.5 Å². The summed E-state index contributed by atoms with van der Waals surface area (Å²) in [4.78, 5) is 13.8. The van der Waals surface area contributed by atoms with Crippen LogP contribution in [-0.2, 0) is 4.79 Å². The smallest absolute Gasteiger partial charge is 0.227 e. The molecule has 0 saturated carbocycles. The van der Waals surface area contributed by atoms with Gasteiger partial charge in [-0.25, -0.2) is 0 Å². The highest BCUT2D eigenvalue weighted by Gasteiger charge is 2.32. The van der Waals surface area contributed by atoms with E-state index in [0.29, 0.717) is 0 Å². The van der Waals surface area contributed by atoms with Crippen molar-refractivity contribution < 1.29 is 4.79 Å². The van der Waals surface area contributed by atoms with Crippen molar-refractivity contribution in [3.05, 3.63) is 0 Å². The summed E-state index contributed by atoms with van der Waals surface area (Å²) in [5, 5.41) is 0. The maximum absolute atomic E-state index is 12.0. The van der Waals surface area contributed by atoms with E-state index in [1.165, 1.54) is 0 Å². The van der Waals surface area contributed by atoms with Crippen LogP contribution < -0.4 is 0 Å². The van der Waals surface area contributed by atoms with Crippen molar-refractivity contribution in [2.75, 3.05) is 7.05 Å². The van der Waals surface area contributed by atoms with Crippen molar-refractivity contribution in [2.24, 2.45) is 10.8 Å². The molecule has 0 aromatic rings. The summed E-state index contributed by atoms with van der Waals surface area (Å²) in [5.41, 5.74) is -0.149. The van der Waals surface area contributed by atoms with Gasteiger partial charge in [0.15, 0.2) is 0 Å². The van der Waals surface area contributed by atoms with Gasteiger partial charge in [-0.05, 0) is 12.3 Å². The van der Waals surface area contributed by atoms with E-state index >= 15 is 0 Å². The summed E-state index contributed by atoms with van der Waals surface area (Å²) in [7, 11) is 1.89. The van der Waals surface area contributed by atoms with Crippen molar-refractivity contribution in [1.82, 2.24) is 4.90 Å². The Bertz CT molecular complexity index is 207. The lowest BCUT2D eigenvalue weighted by atomic mass is 9.85. The molecule has 0 aromatic carbocycles. The number of hydrogen-bond acceptors (Lipinski definition) is 1. The maximum Gasteiger partial charge on any atom is 0.227 e. The van der Waals surface area contributed by atoms with Gasteiger partial charge in [0.2, 0.25) is 5.91 Å². The van der Waals surface area contributed by atoms with E-state index in [2.05, 4.69) is 27.7 Å². The van der Waals surface area contributed by atoms with Crippen molar-refractivity contribution in [3.63, 3.8) is 0 Å². The van der Waals surface area contributed by atoms with Gasteiger partial charge in [-0.3, -0.25) is 4.79 Å². The van der Waals surface area contributed by atoms with Crippen LogP contribution in [0.4, 0.5) is 0 Å². The van der Waals surface area contributed by atoms with E-state index in [-0.39, 0.29) is 22.8 Å². The molecule has 2 heteroatoms. The monoisotopic (exact) mass is 199 g/mol. The second kappa shape index (κ2) is 3.92. The minimum atomic E-state index is -0.283. The Morgan fingerprint density at radius 1 is 1.07 bits per heavy atom. The maximum atomic E-state index is 12.0. The molecule has 0 saturated heterocycles. The first kappa shape index (κ1) is 13.5. The van der Waals surface area contributed by atoms with Gasteiger partial charge in [-0.15, -0.1) is 0 Å². The molecule has 0 aliphatic heterocycles. The first-order chi connectivity index (χ1) is 5.98. The molecule has 0 heterocycles. The summed E-state index contributed by atoms with van der Waals surface area (Å²) in [6.45, 7) is 14.4. The normalized spacial score (nSPS) is 15.1. The Kier molecular flexibility index (Phi) is 3.77. The molecule has 0 fully saturated rings. The zero-order chi connectivity index (χ0) is 11.7. The molecule has 2 nitrogen and oxygen atoms in total. The SMILES string of the molecule is C[C@@H](N(C)C(=O)C(C)(C)C)C(C)(C)C. The third-order valence-corrected chi connectivity index (χ3v) is 2.80. The van der Waals surface area contributed by atoms with Crippen LogP contribution in [0.3, 0.4) is 0 Å². The molecule has 1 amide bonds. The largest absolute Gasteiger partial charge is 0.342 e. The fourth-order valence-corrected chi connectivity index (χ4v) is 1.29. The number of amides is 1. The molecule has 84 valence electrons. The Labute approximate surface area is 88.7 Å². The van der Waals surface area contributed by atoms with Crippen LogP contribution in [0.5, 0.6) is 0 Å².